The molecular weight excluding hydrogens is 497 g/mol. The molecular formula is C29H30F3N2O2S+. The zero-order valence-electron chi connectivity index (χ0n) is 20.5. The topological polar surface area (TPSA) is 29.5 Å². The third kappa shape index (κ3) is 6.13. The van der Waals surface area contributed by atoms with Crippen LogP contribution in [0.25, 0.3) is 0 Å². The molecule has 6 rings (SSSR count). The fraction of sp³-hybridized carbons (Fsp3) is 0.345. The molecule has 3 aromatic carbocycles. The number of para-hydroxylation sites is 1. The first kappa shape index (κ1) is 25.7. The quantitative estimate of drug-likeness (QED) is 0.243. The Bertz CT molecular complexity index is 1210. The summed E-state index contributed by atoms with van der Waals surface area (Å²) in [6.07, 6.45) is 1.13. The number of anilines is 1. The van der Waals surface area contributed by atoms with Crippen molar-refractivity contribution in [3.8, 4) is 0 Å². The third-order valence-electron chi connectivity index (χ3n) is 7.56. The number of amides is 1. The SMILES string of the molecule is O=C(OC1C[N+]2(CCSc3ccc(F)cc3)CCC1CC2)N(Cc1ccc(F)cc1)c1ccccc1F. The second-order valence-corrected chi connectivity index (χ2v) is 11.1. The highest BCUT2D eigenvalue weighted by atomic mass is 32.2. The molecule has 0 aliphatic carbocycles. The lowest BCUT2D eigenvalue weighted by molar-refractivity contribution is -0.943. The molecule has 3 heterocycles. The fourth-order valence-corrected chi connectivity index (χ4v) is 6.48. The highest BCUT2D eigenvalue weighted by molar-refractivity contribution is 7.99. The van der Waals surface area contributed by atoms with Crippen LogP contribution < -0.4 is 4.90 Å². The average molecular weight is 528 g/mol. The summed E-state index contributed by atoms with van der Waals surface area (Å²) in [5.41, 5.74) is 0.814. The molecule has 3 aliphatic rings. The first-order valence-electron chi connectivity index (χ1n) is 12.6. The lowest BCUT2D eigenvalue weighted by Crippen LogP contribution is -2.65. The Kier molecular flexibility index (Phi) is 7.76. The first-order valence-corrected chi connectivity index (χ1v) is 13.6. The van der Waals surface area contributed by atoms with E-state index in [1.165, 1.54) is 35.2 Å². The Balaban J connectivity index is 1.27. The number of rotatable bonds is 8. The normalized spacial score (nSPS) is 22.6. The number of carbonyl (C=O) groups is 1. The maximum atomic E-state index is 14.7. The second-order valence-electron chi connectivity index (χ2n) is 9.92. The van der Waals surface area contributed by atoms with E-state index < -0.39 is 11.9 Å². The summed E-state index contributed by atoms with van der Waals surface area (Å²) >= 11 is 1.71. The van der Waals surface area contributed by atoms with Crippen LogP contribution in [0.4, 0.5) is 23.7 Å². The standard InChI is InChI=1S/C29H30F3N2O2S/c30-23-7-5-21(6-8-23)19-33(27-4-2-1-3-26(27)32)29(35)36-28-20-34(15-13-22(28)14-16-34)17-18-37-25-11-9-24(31)10-12-25/h1-12,22,28H,13-20H2/q+1. The van der Waals surface area contributed by atoms with Gasteiger partial charge < -0.3 is 9.22 Å². The summed E-state index contributed by atoms with van der Waals surface area (Å²) < 4.78 is 48.3. The van der Waals surface area contributed by atoms with E-state index in [2.05, 4.69) is 0 Å². The first-order chi connectivity index (χ1) is 17.9. The van der Waals surface area contributed by atoms with Crippen LogP contribution in [-0.4, -0.2) is 48.6 Å². The van der Waals surface area contributed by atoms with Crippen LogP contribution in [-0.2, 0) is 11.3 Å². The van der Waals surface area contributed by atoms with Crippen molar-refractivity contribution in [3.05, 3.63) is 95.8 Å². The Labute approximate surface area is 219 Å². The van der Waals surface area contributed by atoms with E-state index in [9.17, 15) is 18.0 Å². The van der Waals surface area contributed by atoms with Gasteiger partial charge in [-0.05, 0) is 54.1 Å². The molecule has 1 unspecified atom stereocenters. The van der Waals surface area contributed by atoms with Gasteiger partial charge in [0.1, 0.15) is 24.0 Å². The Morgan fingerprint density at radius 2 is 1.57 bits per heavy atom. The molecule has 3 saturated heterocycles. The number of ether oxygens (including phenoxy) is 1. The van der Waals surface area contributed by atoms with E-state index in [0.29, 0.717) is 11.5 Å². The van der Waals surface area contributed by atoms with Crippen molar-refractivity contribution in [1.82, 2.24) is 0 Å². The molecule has 4 nitrogen and oxygen atoms in total. The predicted octanol–water partition coefficient (Wildman–Crippen LogP) is 6.65. The zero-order valence-corrected chi connectivity index (χ0v) is 21.3. The molecule has 3 aliphatic heterocycles. The van der Waals surface area contributed by atoms with E-state index in [1.54, 1.807) is 54.2 Å². The van der Waals surface area contributed by atoms with Gasteiger partial charge in [-0.15, -0.1) is 11.8 Å². The molecule has 3 aromatic rings. The molecule has 1 amide bonds. The minimum absolute atomic E-state index is 0.0751. The number of halogens is 3. The molecule has 1 atom stereocenters. The minimum Gasteiger partial charge on any atom is -0.440 e. The van der Waals surface area contributed by atoms with Gasteiger partial charge >= 0.3 is 6.09 Å². The molecule has 0 aromatic heterocycles. The van der Waals surface area contributed by atoms with Crippen LogP contribution in [0.15, 0.2) is 77.7 Å². The summed E-state index contributed by atoms with van der Waals surface area (Å²) in [6, 6.07) is 18.5. The molecule has 8 heteroatoms. The minimum atomic E-state index is -0.591. The highest BCUT2D eigenvalue weighted by Gasteiger charge is 2.47. The number of hydrogen-bond donors (Lipinski definition) is 0. The van der Waals surface area contributed by atoms with Crippen molar-refractivity contribution in [2.24, 2.45) is 5.92 Å². The van der Waals surface area contributed by atoms with E-state index in [0.717, 1.165) is 54.2 Å². The van der Waals surface area contributed by atoms with Gasteiger partial charge in [-0.2, -0.15) is 0 Å². The second kappa shape index (κ2) is 11.2. The van der Waals surface area contributed by atoms with Crippen LogP contribution >= 0.6 is 11.8 Å². The van der Waals surface area contributed by atoms with Gasteiger partial charge in [0.15, 0.2) is 6.10 Å². The summed E-state index contributed by atoms with van der Waals surface area (Å²) in [6.45, 7) is 3.85. The van der Waals surface area contributed by atoms with Crippen LogP contribution in [0.5, 0.6) is 0 Å². The fourth-order valence-electron chi connectivity index (χ4n) is 5.44. The van der Waals surface area contributed by atoms with Crippen LogP contribution in [0, 0.1) is 23.4 Å². The summed E-state index contributed by atoms with van der Waals surface area (Å²) in [5, 5.41) is 0. The predicted molar refractivity (Wildman–Crippen MR) is 139 cm³/mol. The molecule has 194 valence electrons. The van der Waals surface area contributed by atoms with Crippen molar-refractivity contribution in [2.45, 2.75) is 30.4 Å². The number of nitrogens with zero attached hydrogens (tertiary/aromatic N) is 2. The maximum Gasteiger partial charge on any atom is 0.415 e. The summed E-state index contributed by atoms with van der Waals surface area (Å²) in [7, 11) is 0. The van der Waals surface area contributed by atoms with Crippen molar-refractivity contribution in [1.29, 1.82) is 0 Å². The van der Waals surface area contributed by atoms with Crippen molar-refractivity contribution >= 4 is 23.5 Å². The van der Waals surface area contributed by atoms with E-state index in [4.69, 9.17) is 4.74 Å². The molecule has 0 N–H and O–H groups in total. The number of fused-ring (bicyclic) bond motifs is 3. The summed E-state index contributed by atoms with van der Waals surface area (Å²) in [5.74, 6) is 0.0578. The molecule has 3 fully saturated rings. The molecule has 0 spiro atoms. The maximum absolute atomic E-state index is 14.7. The van der Waals surface area contributed by atoms with E-state index >= 15 is 0 Å². The number of piperidine rings is 3. The number of benzene rings is 3. The number of quaternary nitrogens is 1. The number of carbonyl (C=O) groups excluding carboxylic acids is 1. The molecule has 0 radical (unpaired) electrons. The van der Waals surface area contributed by atoms with Crippen LogP contribution in [0.3, 0.4) is 0 Å². The Hall–Kier alpha value is -2.97. The number of hydrogen-bond acceptors (Lipinski definition) is 3. The average Bonchev–Trinajstić information content (AvgIpc) is 2.90. The summed E-state index contributed by atoms with van der Waals surface area (Å²) in [4.78, 5) is 15.8. The van der Waals surface area contributed by atoms with Gasteiger partial charge in [0, 0.05) is 29.4 Å². The van der Waals surface area contributed by atoms with E-state index in [-0.39, 0.29) is 30.0 Å². The molecule has 2 bridgehead atoms. The monoisotopic (exact) mass is 527 g/mol. The van der Waals surface area contributed by atoms with Gasteiger partial charge in [0.25, 0.3) is 0 Å². The third-order valence-corrected chi connectivity index (χ3v) is 8.55. The smallest absolute Gasteiger partial charge is 0.415 e. The van der Waals surface area contributed by atoms with Crippen LogP contribution in [0.1, 0.15) is 18.4 Å². The van der Waals surface area contributed by atoms with Gasteiger partial charge in [0.05, 0.1) is 31.9 Å². The van der Waals surface area contributed by atoms with Crippen molar-refractivity contribution in [2.75, 3.05) is 36.8 Å². The molecule has 0 saturated carbocycles. The largest absolute Gasteiger partial charge is 0.440 e. The zero-order chi connectivity index (χ0) is 25.8. The van der Waals surface area contributed by atoms with Gasteiger partial charge in [-0.25, -0.2) is 18.0 Å². The van der Waals surface area contributed by atoms with Crippen molar-refractivity contribution in [3.63, 3.8) is 0 Å². The van der Waals surface area contributed by atoms with Crippen LogP contribution in [0.2, 0.25) is 0 Å². The Morgan fingerprint density at radius 3 is 2.24 bits per heavy atom. The van der Waals surface area contributed by atoms with Gasteiger partial charge in [-0.1, -0.05) is 24.3 Å². The van der Waals surface area contributed by atoms with E-state index in [1.807, 2.05) is 0 Å². The lowest BCUT2D eigenvalue weighted by atomic mass is 9.83. The number of thioether (sulfide) groups is 1. The van der Waals surface area contributed by atoms with Crippen molar-refractivity contribution < 1.29 is 27.2 Å². The van der Waals surface area contributed by atoms with Gasteiger partial charge in [-0.3, -0.25) is 4.90 Å². The Morgan fingerprint density at radius 1 is 0.919 bits per heavy atom. The molecule has 37 heavy (non-hydrogen) atoms. The lowest BCUT2D eigenvalue weighted by Gasteiger charge is -2.52. The van der Waals surface area contributed by atoms with Gasteiger partial charge in [0.2, 0.25) is 0 Å². The highest BCUT2D eigenvalue weighted by Crippen LogP contribution is 2.37.